The first-order valence-corrected chi connectivity index (χ1v) is 7.41. The lowest BCUT2D eigenvalue weighted by Gasteiger charge is -2.16. The molecule has 1 amide bonds. The van der Waals surface area contributed by atoms with Crippen LogP contribution in [0.25, 0.3) is 0 Å². The molecule has 0 aliphatic rings. The van der Waals surface area contributed by atoms with Crippen molar-refractivity contribution in [3.63, 3.8) is 0 Å². The van der Waals surface area contributed by atoms with Crippen molar-refractivity contribution in [3.8, 4) is 5.75 Å². The van der Waals surface area contributed by atoms with Gasteiger partial charge in [-0.3, -0.25) is 4.79 Å². The molecule has 2 aromatic carbocycles. The Morgan fingerprint density at radius 1 is 1.14 bits per heavy atom. The number of carbonyl (C=O) groups is 1. The molecule has 1 atom stereocenters. The first-order valence-electron chi connectivity index (χ1n) is 6.66. The van der Waals surface area contributed by atoms with Gasteiger partial charge < -0.3 is 15.4 Å². The predicted molar refractivity (Wildman–Crippen MR) is 91.2 cm³/mol. The van der Waals surface area contributed by atoms with Crippen LogP contribution in [-0.4, -0.2) is 19.1 Å². The molecular formula is C16H16Cl2N2O2. The summed E-state index contributed by atoms with van der Waals surface area (Å²) in [7, 11) is 1.59. The molecule has 0 saturated carbocycles. The summed E-state index contributed by atoms with van der Waals surface area (Å²) in [4.78, 5) is 12.2. The lowest BCUT2D eigenvalue weighted by molar-refractivity contribution is -0.116. The SMILES string of the molecule is COc1ccc(NC(=O)[C@@H](C)Nc2cc(Cl)ccc2Cl)cc1. The number of hydrogen-bond donors (Lipinski definition) is 2. The summed E-state index contributed by atoms with van der Waals surface area (Å²) in [5.41, 5.74) is 1.31. The molecule has 0 aliphatic heterocycles. The van der Waals surface area contributed by atoms with Gasteiger partial charge in [-0.25, -0.2) is 0 Å². The maximum absolute atomic E-state index is 12.2. The van der Waals surface area contributed by atoms with Gasteiger partial charge in [0.25, 0.3) is 0 Å². The summed E-state index contributed by atoms with van der Waals surface area (Å²) < 4.78 is 5.07. The fourth-order valence-corrected chi connectivity index (χ4v) is 2.18. The molecule has 0 bridgehead atoms. The van der Waals surface area contributed by atoms with Crippen molar-refractivity contribution in [2.24, 2.45) is 0 Å². The zero-order chi connectivity index (χ0) is 16.1. The fourth-order valence-electron chi connectivity index (χ4n) is 1.83. The molecule has 0 spiro atoms. The Morgan fingerprint density at radius 3 is 2.45 bits per heavy atom. The molecule has 22 heavy (non-hydrogen) atoms. The van der Waals surface area contributed by atoms with E-state index in [4.69, 9.17) is 27.9 Å². The van der Waals surface area contributed by atoms with Crippen molar-refractivity contribution in [3.05, 3.63) is 52.5 Å². The van der Waals surface area contributed by atoms with Crippen LogP contribution in [0.5, 0.6) is 5.75 Å². The minimum Gasteiger partial charge on any atom is -0.497 e. The third-order valence-electron chi connectivity index (χ3n) is 3.05. The molecule has 2 rings (SSSR count). The molecule has 6 heteroatoms. The normalized spacial score (nSPS) is 11.6. The van der Waals surface area contributed by atoms with E-state index in [1.165, 1.54) is 0 Å². The zero-order valence-electron chi connectivity index (χ0n) is 12.2. The van der Waals surface area contributed by atoms with Crippen molar-refractivity contribution >= 4 is 40.5 Å². The molecule has 0 aromatic heterocycles. The van der Waals surface area contributed by atoms with Crippen molar-refractivity contribution < 1.29 is 9.53 Å². The Balaban J connectivity index is 2.00. The average molecular weight is 339 g/mol. The average Bonchev–Trinajstić information content (AvgIpc) is 2.51. The van der Waals surface area contributed by atoms with Gasteiger partial charge in [-0.2, -0.15) is 0 Å². The van der Waals surface area contributed by atoms with E-state index in [9.17, 15) is 4.79 Å². The minimum atomic E-state index is -0.474. The van der Waals surface area contributed by atoms with Crippen molar-refractivity contribution in [2.75, 3.05) is 17.7 Å². The Bertz CT molecular complexity index is 660. The fraction of sp³-hybridized carbons (Fsp3) is 0.188. The highest BCUT2D eigenvalue weighted by Gasteiger charge is 2.14. The number of ether oxygens (including phenoxy) is 1. The van der Waals surface area contributed by atoms with E-state index in [0.717, 1.165) is 5.75 Å². The van der Waals surface area contributed by atoms with Crippen LogP contribution in [0.1, 0.15) is 6.92 Å². The summed E-state index contributed by atoms with van der Waals surface area (Å²) in [5.74, 6) is 0.552. The molecule has 4 nitrogen and oxygen atoms in total. The lowest BCUT2D eigenvalue weighted by atomic mass is 10.2. The molecular weight excluding hydrogens is 323 g/mol. The third-order valence-corrected chi connectivity index (χ3v) is 3.62. The Labute approximate surface area is 139 Å². The van der Waals surface area contributed by atoms with Gasteiger partial charge in [0.15, 0.2) is 0 Å². The highest BCUT2D eigenvalue weighted by molar-refractivity contribution is 6.35. The summed E-state index contributed by atoms with van der Waals surface area (Å²) in [6.07, 6.45) is 0. The molecule has 2 N–H and O–H groups in total. The topological polar surface area (TPSA) is 50.4 Å². The third kappa shape index (κ3) is 4.29. The van der Waals surface area contributed by atoms with E-state index in [1.54, 1.807) is 56.5 Å². The number of nitrogens with one attached hydrogen (secondary N) is 2. The van der Waals surface area contributed by atoms with Crippen LogP contribution >= 0.6 is 23.2 Å². The first-order chi connectivity index (χ1) is 10.5. The van der Waals surface area contributed by atoms with Crippen LogP contribution < -0.4 is 15.4 Å². The number of hydrogen-bond acceptors (Lipinski definition) is 3. The molecule has 0 unspecified atom stereocenters. The number of halogens is 2. The quantitative estimate of drug-likeness (QED) is 0.847. The van der Waals surface area contributed by atoms with Gasteiger partial charge in [0, 0.05) is 10.7 Å². The monoisotopic (exact) mass is 338 g/mol. The predicted octanol–water partition coefficient (Wildman–Crippen LogP) is 4.44. The van der Waals surface area contributed by atoms with Gasteiger partial charge in [0.05, 0.1) is 17.8 Å². The van der Waals surface area contributed by atoms with Crippen LogP contribution in [0, 0.1) is 0 Å². The maximum Gasteiger partial charge on any atom is 0.246 e. The van der Waals surface area contributed by atoms with Gasteiger partial charge in [0.2, 0.25) is 5.91 Å². The Kier molecular flexibility index (Phi) is 5.52. The van der Waals surface area contributed by atoms with Crippen LogP contribution in [0.15, 0.2) is 42.5 Å². The number of anilines is 2. The number of amides is 1. The van der Waals surface area contributed by atoms with Crippen LogP contribution in [0.4, 0.5) is 11.4 Å². The molecule has 0 radical (unpaired) electrons. The number of rotatable bonds is 5. The Morgan fingerprint density at radius 2 is 1.82 bits per heavy atom. The van der Waals surface area contributed by atoms with Crippen molar-refractivity contribution in [1.29, 1.82) is 0 Å². The molecule has 0 fully saturated rings. The van der Waals surface area contributed by atoms with E-state index < -0.39 is 6.04 Å². The van der Waals surface area contributed by atoms with Gasteiger partial charge in [-0.15, -0.1) is 0 Å². The second-order valence-corrected chi connectivity index (χ2v) is 5.55. The molecule has 0 aliphatic carbocycles. The van der Waals surface area contributed by atoms with Crippen molar-refractivity contribution in [1.82, 2.24) is 0 Å². The number of carbonyl (C=O) groups excluding carboxylic acids is 1. The van der Waals surface area contributed by atoms with Gasteiger partial charge >= 0.3 is 0 Å². The Hall–Kier alpha value is -1.91. The first kappa shape index (κ1) is 16.5. The summed E-state index contributed by atoms with van der Waals surface area (Å²) >= 11 is 12.0. The van der Waals surface area contributed by atoms with E-state index >= 15 is 0 Å². The smallest absolute Gasteiger partial charge is 0.246 e. The molecule has 116 valence electrons. The minimum absolute atomic E-state index is 0.179. The summed E-state index contributed by atoms with van der Waals surface area (Å²) in [6, 6.07) is 11.7. The van der Waals surface area contributed by atoms with Crippen LogP contribution in [0.2, 0.25) is 10.0 Å². The molecule has 0 saturated heterocycles. The number of benzene rings is 2. The lowest BCUT2D eigenvalue weighted by Crippen LogP contribution is -2.31. The van der Waals surface area contributed by atoms with Gasteiger partial charge in [0.1, 0.15) is 11.8 Å². The number of methoxy groups -OCH3 is 1. The second kappa shape index (κ2) is 7.38. The maximum atomic E-state index is 12.2. The van der Waals surface area contributed by atoms with Crippen molar-refractivity contribution in [2.45, 2.75) is 13.0 Å². The van der Waals surface area contributed by atoms with E-state index in [1.807, 2.05) is 0 Å². The van der Waals surface area contributed by atoms with Crippen LogP contribution in [0.3, 0.4) is 0 Å². The zero-order valence-corrected chi connectivity index (χ0v) is 13.7. The highest BCUT2D eigenvalue weighted by Crippen LogP contribution is 2.26. The standard InChI is InChI=1S/C16H16Cl2N2O2/c1-10(19-15-9-11(17)3-8-14(15)18)16(21)20-12-4-6-13(22-2)7-5-12/h3-10,19H,1-2H3,(H,20,21)/t10-/m1/s1. The molecule has 2 aromatic rings. The van der Waals surface area contributed by atoms with E-state index in [-0.39, 0.29) is 5.91 Å². The highest BCUT2D eigenvalue weighted by atomic mass is 35.5. The van der Waals surface area contributed by atoms with E-state index in [0.29, 0.717) is 21.4 Å². The second-order valence-electron chi connectivity index (χ2n) is 4.71. The largest absolute Gasteiger partial charge is 0.497 e. The van der Waals surface area contributed by atoms with Gasteiger partial charge in [-0.1, -0.05) is 23.2 Å². The van der Waals surface area contributed by atoms with E-state index in [2.05, 4.69) is 10.6 Å². The summed E-state index contributed by atoms with van der Waals surface area (Å²) in [5, 5.41) is 6.91. The van der Waals surface area contributed by atoms with Crippen LogP contribution in [-0.2, 0) is 4.79 Å². The summed E-state index contributed by atoms with van der Waals surface area (Å²) in [6.45, 7) is 1.75. The molecule has 0 heterocycles. The van der Waals surface area contributed by atoms with Gasteiger partial charge in [-0.05, 0) is 49.4 Å².